The van der Waals surface area contributed by atoms with Gasteiger partial charge in [-0.15, -0.1) is 17.4 Å². The smallest absolute Gasteiger partial charge is 0.390 e. The van der Waals surface area contributed by atoms with E-state index in [-0.39, 0.29) is 68.3 Å². The van der Waals surface area contributed by atoms with E-state index < -0.39 is 60.5 Å². The number of nitrogens with zero attached hydrogens (tertiary/aromatic N) is 17. The van der Waals surface area contributed by atoms with Gasteiger partial charge in [-0.1, -0.05) is 41.9 Å². The second-order valence-corrected chi connectivity index (χ2v) is 19.8. The molecule has 0 aromatic carbocycles. The molecule has 2 unspecified atom stereocenters. The average molecular weight is 1100 g/mol. The molecule has 1 N–H and O–H groups in total. The molecule has 2 atom stereocenters. The number of aromatic nitrogens is 11. The van der Waals surface area contributed by atoms with Crippen molar-refractivity contribution in [2.75, 3.05) is 25.6 Å². The van der Waals surface area contributed by atoms with Crippen LogP contribution in [0.5, 0.6) is 0 Å². The lowest BCUT2D eigenvalue weighted by atomic mass is 10.1. The molecular weight excluding hydrogens is 1050 g/mol. The van der Waals surface area contributed by atoms with Crippen molar-refractivity contribution in [3.05, 3.63) is 112 Å². The molecule has 392 valence electrons. The number of azide groups is 1. The molecule has 0 amide bonds. The van der Waals surface area contributed by atoms with Gasteiger partial charge in [0.05, 0.1) is 54.2 Å². The molecule has 8 heterocycles. The fourth-order valence-electron chi connectivity index (χ4n) is 5.70. The minimum Gasteiger partial charge on any atom is -0.390 e. The highest BCUT2D eigenvalue weighted by Crippen LogP contribution is 2.22. The maximum Gasteiger partial charge on any atom is 0.436 e. The van der Waals surface area contributed by atoms with E-state index in [1.165, 1.54) is 63.4 Å². The monoisotopic (exact) mass is 1090 g/mol. The maximum atomic E-state index is 11.8. The first-order valence-corrected chi connectivity index (χ1v) is 25.3. The van der Waals surface area contributed by atoms with Crippen molar-refractivity contribution >= 4 is 65.7 Å². The van der Waals surface area contributed by atoms with Crippen LogP contribution in [0.15, 0.2) is 60.9 Å². The van der Waals surface area contributed by atoms with Gasteiger partial charge in [-0.3, -0.25) is 12.5 Å². The molecule has 3 aliphatic heterocycles. The summed E-state index contributed by atoms with van der Waals surface area (Å²) in [6.07, 6.45) is 22.2. The van der Waals surface area contributed by atoms with Crippen molar-refractivity contribution in [2.45, 2.75) is 81.2 Å². The summed E-state index contributed by atoms with van der Waals surface area (Å²) in [7, 11) is -9.97. The Kier molecular flexibility index (Phi) is 23.6. The van der Waals surface area contributed by atoms with Gasteiger partial charge in [0.25, 0.3) is 30.4 Å². The zero-order valence-corrected chi connectivity index (χ0v) is 40.4. The number of aromatic amines is 1. The Bertz CT molecular complexity index is 2970. The topological polar surface area (TPSA) is 464 Å². The third-order valence-electron chi connectivity index (χ3n) is 9.00. The second-order valence-electron chi connectivity index (χ2n) is 14.0. The van der Waals surface area contributed by atoms with Gasteiger partial charge in [0.2, 0.25) is 0 Å². The Balaban J connectivity index is 0.000000241. The number of H-pyrrole nitrogens is 1. The molecule has 0 radical (unpaired) electrons. The van der Waals surface area contributed by atoms with Gasteiger partial charge in [0, 0.05) is 17.8 Å². The highest BCUT2D eigenvalue weighted by molar-refractivity contribution is 7.87. The molecule has 0 saturated carbocycles. The summed E-state index contributed by atoms with van der Waals surface area (Å²) in [5.41, 5.74) is 8.44. The summed E-state index contributed by atoms with van der Waals surface area (Å²) in [6, 6.07) is 0.0519. The maximum absolute atomic E-state index is 11.8. The fraction of sp³-hybridized carbons (Fsp3) is 0.515. The molecule has 3 saturated heterocycles. The van der Waals surface area contributed by atoms with Gasteiger partial charge in [0.1, 0.15) is 49.4 Å². The largest absolute Gasteiger partial charge is 0.436 e. The van der Waals surface area contributed by atoms with Crippen LogP contribution in [-0.4, -0.2) is 135 Å². The van der Waals surface area contributed by atoms with E-state index in [9.17, 15) is 65.7 Å². The van der Waals surface area contributed by atoms with E-state index in [4.69, 9.17) is 27.7 Å². The normalized spacial score (nSPS) is 17.9. The number of hydrogen-bond acceptors (Lipinski definition) is 24. The van der Waals surface area contributed by atoms with E-state index in [0.29, 0.717) is 38.2 Å². The first-order chi connectivity index (χ1) is 34.1. The van der Waals surface area contributed by atoms with Crippen LogP contribution in [-0.2, 0) is 68.7 Å². The van der Waals surface area contributed by atoms with Crippen molar-refractivity contribution in [3.63, 3.8) is 0 Å². The number of halogens is 1. The lowest BCUT2D eigenvalue weighted by Crippen LogP contribution is -2.30. The lowest BCUT2D eigenvalue weighted by molar-refractivity contribution is -0.397. The number of terminal acetylenes is 1. The van der Waals surface area contributed by atoms with Crippen molar-refractivity contribution in [2.24, 2.45) is 5.11 Å². The molecule has 8 rings (SSSR count). The Hall–Kier alpha value is -7.53. The van der Waals surface area contributed by atoms with Gasteiger partial charge in [0.15, 0.2) is 13.3 Å². The van der Waals surface area contributed by atoms with E-state index in [0.717, 1.165) is 23.8 Å². The quantitative estimate of drug-likeness (QED) is 0.0274. The zero-order chi connectivity index (χ0) is 53.3. The standard InChI is InChI=1S/C11H14N6O5S.C7H10O3S.C4H4ClN3O2.C4H4N6O2.C4H8O3S.C3H3N3O2/c18-17(19)11-12-3-4-15(11)8-16-7-9(13-14-16)6-10-2-1-5-22-23(10,20)21;1-2-4-7-5-3-6-10-11(7,8)9;5-3-7-2-1-6-4(7)8(9)10;5-8-7-3-9-2-1-6-4(9)10(11)12;5-8(6)4-2-1-3-7-8;7-6(8)3-4-1-2-5-3/h3-4,7,10H,1-2,5-6,8H2;1,7H,3-6H2;1-2H,3H2;1-2H,3H2;1-4H2;1-2H,(H,4,5). The van der Waals surface area contributed by atoms with E-state index in [1.54, 1.807) is 6.20 Å². The number of nitrogens with one attached hydrogen (secondary N) is 1. The molecule has 39 heteroatoms. The third kappa shape index (κ3) is 19.7. The first-order valence-electron chi connectivity index (χ1n) is 20.3. The molecule has 0 spiro atoms. The van der Waals surface area contributed by atoms with Crippen LogP contribution in [0.1, 0.15) is 50.6 Å². The number of alkyl halides is 1. The number of nitro groups is 4. The second kappa shape index (κ2) is 29.0. The summed E-state index contributed by atoms with van der Waals surface area (Å²) < 4.78 is 85.5. The summed E-state index contributed by atoms with van der Waals surface area (Å²) in [5, 5.41) is 50.8. The average Bonchev–Trinajstić information content (AvgIpc) is 4.20. The van der Waals surface area contributed by atoms with E-state index in [2.05, 4.69) is 59.5 Å². The summed E-state index contributed by atoms with van der Waals surface area (Å²) in [5.74, 6) is 1.46. The molecule has 35 nitrogen and oxygen atoms in total. The summed E-state index contributed by atoms with van der Waals surface area (Å²) in [4.78, 5) is 57.2. The molecule has 5 aromatic rings. The van der Waals surface area contributed by atoms with Crippen LogP contribution >= 0.6 is 11.6 Å². The number of rotatable bonds is 12. The zero-order valence-electron chi connectivity index (χ0n) is 37.2. The van der Waals surface area contributed by atoms with Crippen LogP contribution in [0.25, 0.3) is 10.4 Å². The Morgan fingerprint density at radius 2 is 1.31 bits per heavy atom. The van der Waals surface area contributed by atoms with Crippen LogP contribution in [0.3, 0.4) is 0 Å². The highest BCUT2D eigenvalue weighted by atomic mass is 35.5. The predicted octanol–water partition coefficient (Wildman–Crippen LogP) is 2.95. The van der Waals surface area contributed by atoms with E-state index in [1.807, 2.05) is 0 Å². The van der Waals surface area contributed by atoms with Crippen molar-refractivity contribution in [1.29, 1.82) is 0 Å². The van der Waals surface area contributed by atoms with Gasteiger partial charge in [-0.2, -0.15) is 25.3 Å². The van der Waals surface area contributed by atoms with Crippen LogP contribution in [0, 0.1) is 52.8 Å². The highest BCUT2D eigenvalue weighted by Gasteiger charge is 2.31. The lowest BCUT2D eigenvalue weighted by Gasteiger charge is -2.20. The summed E-state index contributed by atoms with van der Waals surface area (Å²) in [6.45, 7) is 0.853. The van der Waals surface area contributed by atoms with Crippen LogP contribution in [0.2, 0.25) is 0 Å². The van der Waals surface area contributed by atoms with Crippen LogP contribution in [0.4, 0.5) is 23.8 Å². The van der Waals surface area contributed by atoms with Crippen LogP contribution < -0.4 is 0 Å². The third-order valence-corrected chi connectivity index (χ3v) is 14.0. The Morgan fingerprint density at radius 1 is 0.764 bits per heavy atom. The van der Waals surface area contributed by atoms with Gasteiger partial charge in [-0.25, -0.2) is 23.4 Å². The van der Waals surface area contributed by atoms with Crippen molar-refractivity contribution in [1.82, 2.24) is 53.6 Å². The number of imidazole rings is 4. The molecule has 0 bridgehead atoms. The molecule has 3 aliphatic rings. The summed E-state index contributed by atoms with van der Waals surface area (Å²) >= 11 is 5.34. The molecule has 0 aliphatic carbocycles. The van der Waals surface area contributed by atoms with Gasteiger partial charge >= 0.3 is 23.8 Å². The minimum absolute atomic E-state index is 0.0519. The Labute approximate surface area is 412 Å². The van der Waals surface area contributed by atoms with Gasteiger partial charge < -0.3 is 40.5 Å². The molecule has 5 aromatic heterocycles. The predicted molar refractivity (Wildman–Crippen MR) is 244 cm³/mol. The minimum atomic E-state index is -3.56. The SMILES string of the molecule is C#CCC1CCCOS1(=O)=O.O=S1(=O)CCCCO1.O=[N+]([O-])c1ncc[nH]1.O=[N+]([O-])c1nccn1CCl.O=[N+]([O-])c1nccn1Cn1cc(CC2CCCOS2(=O)=O)nn1.[N-]=[N+]=NCn1ccnc1[N+](=O)[O-]. The van der Waals surface area contributed by atoms with Gasteiger partial charge in [-0.05, 0) is 63.7 Å². The number of hydrogen-bond donors (Lipinski definition) is 1. The van der Waals surface area contributed by atoms with Crippen molar-refractivity contribution < 1.29 is 57.5 Å². The first kappa shape index (κ1) is 58.8. The van der Waals surface area contributed by atoms with E-state index >= 15 is 0 Å². The Morgan fingerprint density at radius 3 is 1.74 bits per heavy atom. The van der Waals surface area contributed by atoms with Crippen molar-refractivity contribution in [3.8, 4) is 12.3 Å². The molecule has 3 fully saturated rings. The molecule has 72 heavy (non-hydrogen) atoms. The molecular formula is C33H43ClN18O17S3. The fourth-order valence-corrected chi connectivity index (χ4v) is 9.60.